The molecule has 2 aromatic rings. The van der Waals surface area contributed by atoms with Crippen molar-refractivity contribution in [3.63, 3.8) is 0 Å². The average Bonchev–Trinajstić information content (AvgIpc) is 2.61. The van der Waals surface area contributed by atoms with Crippen molar-refractivity contribution in [1.29, 1.82) is 0 Å². The Morgan fingerprint density at radius 3 is 2.54 bits per heavy atom. The summed E-state index contributed by atoms with van der Waals surface area (Å²) in [5.74, 6) is -0.0436. The Hall–Kier alpha value is -3.02. The summed E-state index contributed by atoms with van der Waals surface area (Å²) >= 11 is 0. The number of methoxy groups -OCH3 is 1. The van der Waals surface area contributed by atoms with Crippen LogP contribution in [0.1, 0.15) is 29.8 Å². The van der Waals surface area contributed by atoms with Crippen LogP contribution < -0.4 is 14.8 Å². The molecule has 0 fully saturated rings. The third-order valence-electron chi connectivity index (χ3n) is 3.64. The predicted molar refractivity (Wildman–Crippen MR) is 98.8 cm³/mol. The van der Waals surface area contributed by atoms with E-state index in [1.54, 1.807) is 18.2 Å². The smallest absolute Gasteiger partial charge is 0.339 e. The highest BCUT2D eigenvalue weighted by Gasteiger charge is 2.20. The maximum Gasteiger partial charge on any atom is 0.339 e. The number of nitrogens with one attached hydrogen (secondary N) is 1. The molecule has 0 saturated carbocycles. The Morgan fingerprint density at radius 2 is 1.88 bits per heavy atom. The maximum atomic E-state index is 12.3. The summed E-state index contributed by atoms with van der Waals surface area (Å²) < 4.78 is 15.9. The van der Waals surface area contributed by atoms with Gasteiger partial charge in [-0.3, -0.25) is 4.79 Å². The number of rotatable bonds is 7. The lowest BCUT2D eigenvalue weighted by Gasteiger charge is -2.15. The maximum absolute atomic E-state index is 12.3. The zero-order valence-corrected chi connectivity index (χ0v) is 15.4. The van der Waals surface area contributed by atoms with Crippen LogP contribution in [-0.2, 0) is 9.53 Å². The number of carbonyl (C=O) groups excluding carboxylic acids is 2. The molecule has 0 spiro atoms. The van der Waals surface area contributed by atoms with E-state index in [4.69, 9.17) is 14.2 Å². The minimum Gasteiger partial charge on any atom is -0.493 e. The first-order chi connectivity index (χ1) is 12.4. The van der Waals surface area contributed by atoms with Crippen LogP contribution in [0, 0.1) is 6.92 Å². The molecule has 2 rings (SSSR count). The molecule has 0 radical (unpaired) electrons. The molecular weight excluding hydrogens is 334 g/mol. The van der Waals surface area contributed by atoms with E-state index in [0.717, 1.165) is 5.56 Å². The van der Waals surface area contributed by atoms with Gasteiger partial charge in [-0.05, 0) is 56.7 Å². The zero-order chi connectivity index (χ0) is 19.1. The Balaban J connectivity index is 2.04. The van der Waals surface area contributed by atoms with Crippen molar-refractivity contribution in [2.24, 2.45) is 0 Å². The molecule has 0 aromatic heterocycles. The van der Waals surface area contributed by atoms with Gasteiger partial charge in [0.25, 0.3) is 5.91 Å². The van der Waals surface area contributed by atoms with Crippen molar-refractivity contribution >= 4 is 17.6 Å². The van der Waals surface area contributed by atoms with Crippen LogP contribution in [0.3, 0.4) is 0 Å². The summed E-state index contributed by atoms with van der Waals surface area (Å²) in [4.78, 5) is 24.6. The van der Waals surface area contributed by atoms with E-state index < -0.39 is 18.0 Å². The number of carbonyl (C=O) groups is 2. The number of amides is 1. The number of aryl methyl sites for hydroxylation is 1. The van der Waals surface area contributed by atoms with E-state index in [9.17, 15) is 9.59 Å². The number of ether oxygens (including phenoxy) is 3. The summed E-state index contributed by atoms with van der Waals surface area (Å²) in [7, 11) is 1.52. The summed E-state index contributed by atoms with van der Waals surface area (Å²) in [6.07, 6.45) is -0.944. The van der Waals surface area contributed by atoms with Crippen LogP contribution in [0.25, 0.3) is 0 Å². The molecule has 2 aromatic carbocycles. The molecule has 1 N–H and O–H groups in total. The Morgan fingerprint density at radius 1 is 1.12 bits per heavy atom. The third kappa shape index (κ3) is 4.99. The second-order valence-corrected chi connectivity index (χ2v) is 5.70. The van der Waals surface area contributed by atoms with Gasteiger partial charge in [-0.15, -0.1) is 0 Å². The summed E-state index contributed by atoms with van der Waals surface area (Å²) in [6.45, 7) is 5.72. The van der Waals surface area contributed by atoms with E-state index in [-0.39, 0.29) is 5.56 Å². The highest BCUT2D eigenvalue weighted by atomic mass is 16.5. The Bertz CT molecular complexity index is 788. The van der Waals surface area contributed by atoms with Gasteiger partial charge in [-0.2, -0.15) is 0 Å². The van der Waals surface area contributed by atoms with Crippen molar-refractivity contribution in [3.8, 4) is 11.5 Å². The van der Waals surface area contributed by atoms with Crippen molar-refractivity contribution in [2.45, 2.75) is 26.9 Å². The lowest BCUT2D eigenvalue weighted by molar-refractivity contribution is -0.123. The van der Waals surface area contributed by atoms with Crippen LogP contribution in [0.4, 0.5) is 5.69 Å². The molecule has 6 heteroatoms. The van der Waals surface area contributed by atoms with Gasteiger partial charge >= 0.3 is 5.97 Å². The number of anilines is 1. The topological polar surface area (TPSA) is 73.9 Å². The van der Waals surface area contributed by atoms with Gasteiger partial charge in [0.05, 0.1) is 19.3 Å². The summed E-state index contributed by atoms with van der Waals surface area (Å²) in [5, 5.41) is 2.73. The van der Waals surface area contributed by atoms with Gasteiger partial charge in [0.1, 0.15) is 0 Å². The van der Waals surface area contributed by atoms with Crippen molar-refractivity contribution in [1.82, 2.24) is 0 Å². The SMILES string of the molecule is CCOc1cc(C(=O)OC(C)C(=O)Nc2cccc(C)c2)ccc1OC. The van der Waals surface area contributed by atoms with Gasteiger partial charge in [0.15, 0.2) is 17.6 Å². The Labute approximate surface area is 153 Å². The first-order valence-corrected chi connectivity index (χ1v) is 8.34. The monoisotopic (exact) mass is 357 g/mol. The average molecular weight is 357 g/mol. The molecule has 0 aliphatic rings. The van der Waals surface area contributed by atoms with Gasteiger partial charge in [-0.25, -0.2) is 4.79 Å². The summed E-state index contributed by atoms with van der Waals surface area (Å²) in [6, 6.07) is 12.1. The number of hydrogen-bond donors (Lipinski definition) is 1. The van der Waals surface area contributed by atoms with E-state index >= 15 is 0 Å². The molecule has 0 heterocycles. The van der Waals surface area contributed by atoms with E-state index in [1.165, 1.54) is 20.1 Å². The highest BCUT2D eigenvalue weighted by molar-refractivity contribution is 5.97. The minimum atomic E-state index is -0.944. The lowest BCUT2D eigenvalue weighted by Crippen LogP contribution is -2.30. The van der Waals surface area contributed by atoms with E-state index in [2.05, 4.69) is 5.32 Å². The first kappa shape index (κ1) is 19.3. The number of esters is 1. The Kier molecular flexibility index (Phi) is 6.60. The standard InChI is InChI=1S/C20H23NO5/c1-5-25-18-12-15(9-10-17(18)24-4)20(23)26-14(3)19(22)21-16-8-6-7-13(2)11-16/h6-12,14H,5H2,1-4H3,(H,21,22). The molecule has 6 nitrogen and oxygen atoms in total. The molecule has 26 heavy (non-hydrogen) atoms. The fourth-order valence-electron chi connectivity index (χ4n) is 2.32. The fourth-order valence-corrected chi connectivity index (χ4v) is 2.32. The molecule has 0 aliphatic heterocycles. The largest absolute Gasteiger partial charge is 0.493 e. The normalized spacial score (nSPS) is 11.4. The van der Waals surface area contributed by atoms with Gasteiger partial charge in [0, 0.05) is 5.69 Å². The van der Waals surface area contributed by atoms with Crippen molar-refractivity contribution < 1.29 is 23.8 Å². The second-order valence-electron chi connectivity index (χ2n) is 5.70. The molecule has 0 aliphatic carbocycles. The quantitative estimate of drug-likeness (QED) is 0.767. The van der Waals surface area contributed by atoms with E-state index in [0.29, 0.717) is 23.8 Å². The minimum absolute atomic E-state index is 0.282. The molecule has 0 bridgehead atoms. The molecule has 1 atom stereocenters. The van der Waals surface area contributed by atoms with Crippen LogP contribution in [0.5, 0.6) is 11.5 Å². The van der Waals surface area contributed by atoms with Crippen LogP contribution >= 0.6 is 0 Å². The molecular formula is C20H23NO5. The molecule has 1 unspecified atom stereocenters. The highest BCUT2D eigenvalue weighted by Crippen LogP contribution is 2.28. The predicted octanol–water partition coefficient (Wildman–Crippen LogP) is 3.59. The van der Waals surface area contributed by atoms with Gasteiger partial charge < -0.3 is 19.5 Å². The van der Waals surface area contributed by atoms with Crippen LogP contribution in [0.15, 0.2) is 42.5 Å². The van der Waals surface area contributed by atoms with Crippen LogP contribution in [0.2, 0.25) is 0 Å². The van der Waals surface area contributed by atoms with Crippen molar-refractivity contribution in [2.75, 3.05) is 19.0 Å². The molecule has 1 amide bonds. The van der Waals surface area contributed by atoms with Crippen molar-refractivity contribution in [3.05, 3.63) is 53.6 Å². The fraction of sp³-hybridized carbons (Fsp3) is 0.300. The van der Waals surface area contributed by atoms with Gasteiger partial charge in [0.2, 0.25) is 0 Å². The second kappa shape index (κ2) is 8.89. The lowest BCUT2D eigenvalue weighted by atomic mass is 10.2. The molecule has 0 saturated heterocycles. The zero-order valence-electron chi connectivity index (χ0n) is 15.4. The first-order valence-electron chi connectivity index (χ1n) is 8.34. The third-order valence-corrected chi connectivity index (χ3v) is 3.64. The molecule has 138 valence electrons. The van der Waals surface area contributed by atoms with Crippen LogP contribution in [-0.4, -0.2) is 31.7 Å². The number of hydrogen-bond acceptors (Lipinski definition) is 5. The summed E-state index contributed by atoms with van der Waals surface area (Å²) in [5.41, 5.74) is 1.96. The number of benzene rings is 2. The van der Waals surface area contributed by atoms with E-state index in [1.807, 2.05) is 32.0 Å². The van der Waals surface area contributed by atoms with Gasteiger partial charge in [-0.1, -0.05) is 12.1 Å².